The molecule has 0 spiro atoms. The first-order valence-electron chi connectivity index (χ1n) is 6.84. The minimum atomic E-state index is -2.97. The summed E-state index contributed by atoms with van der Waals surface area (Å²) >= 11 is 1.85. The van der Waals surface area contributed by atoms with Crippen molar-refractivity contribution >= 4 is 17.9 Å². The maximum absolute atomic E-state index is 13.6. The van der Waals surface area contributed by atoms with Gasteiger partial charge in [0.05, 0.1) is 13.1 Å². The van der Waals surface area contributed by atoms with E-state index in [1.165, 1.54) is 0 Å². The van der Waals surface area contributed by atoms with Crippen LogP contribution in [0, 0.1) is 0 Å². The Hall–Kier alpha value is -0.560. The molecule has 1 saturated heterocycles. The second kappa shape index (κ2) is 7.45. The largest absolute Gasteiger partial charge is 0.444 e. The Morgan fingerprint density at radius 1 is 1.25 bits per heavy atom. The van der Waals surface area contributed by atoms with Crippen LogP contribution in [0.25, 0.3) is 0 Å². The summed E-state index contributed by atoms with van der Waals surface area (Å²) in [5, 5.41) is 4.99. The van der Waals surface area contributed by atoms with E-state index in [4.69, 9.17) is 4.74 Å². The van der Waals surface area contributed by atoms with Crippen molar-refractivity contribution < 1.29 is 18.3 Å². The maximum Gasteiger partial charge on any atom is 0.407 e. The SMILES string of the molecule is CC(C)(C)OC(=O)NCC(F)(F)CNC1CCSCC1. The molecule has 2 N–H and O–H groups in total. The Balaban J connectivity index is 2.24. The molecule has 7 heteroatoms. The van der Waals surface area contributed by atoms with Gasteiger partial charge in [-0.05, 0) is 45.1 Å². The second-order valence-corrected chi connectivity index (χ2v) is 7.20. The van der Waals surface area contributed by atoms with Gasteiger partial charge in [0.1, 0.15) is 5.60 Å². The van der Waals surface area contributed by atoms with Crippen molar-refractivity contribution in [2.24, 2.45) is 0 Å². The molecule has 1 rings (SSSR count). The van der Waals surface area contributed by atoms with Gasteiger partial charge in [0.25, 0.3) is 5.92 Å². The number of hydrogen-bond acceptors (Lipinski definition) is 4. The van der Waals surface area contributed by atoms with E-state index in [1.807, 2.05) is 11.8 Å². The van der Waals surface area contributed by atoms with Gasteiger partial charge in [0.2, 0.25) is 0 Å². The third-order valence-electron chi connectivity index (χ3n) is 2.76. The molecule has 1 heterocycles. The van der Waals surface area contributed by atoms with Gasteiger partial charge in [-0.1, -0.05) is 0 Å². The van der Waals surface area contributed by atoms with Crippen molar-refractivity contribution in [3.63, 3.8) is 0 Å². The molecule has 20 heavy (non-hydrogen) atoms. The van der Waals surface area contributed by atoms with E-state index in [1.54, 1.807) is 20.8 Å². The van der Waals surface area contributed by atoms with Gasteiger partial charge in [-0.3, -0.25) is 0 Å². The lowest BCUT2D eigenvalue weighted by Gasteiger charge is -2.26. The number of carbonyl (C=O) groups is 1. The van der Waals surface area contributed by atoms with E-state index in [-0.39, 0.29) is 6.04 Å². The highest BCUT2D eigenvalue weighted by atomic mass is 32.2. The molecule has 0 atom stereocenters. The van der Waals surface area contributed by atoms with Crippen molar-refractivity contribution in [2.45, 2.75) is 51.2 Å². The van der Waals surface area contributed by atoms with Gasteiger partial charge in [-0.2, -0.15) is 11.8 Å². The number of carbonyl (C=O) groups excluding carboxylic acids is 1. The topological polar surface area (TPSA) is 50.4 Å². The summed E-state index contributed by atoms with van der Waals surface area (Å²) in [7, 11) is 0. The van der Waals surface area contributed by atoms with Gasteiger partial charge in [0.15, 0.2) is 0 Å². The van der Waals surface area contributed by atoms with Gasteiger partial charge in [-0.25, -0.2) is 13.6 Å². The number of thioether (sulfide) groups is 1. The molecular formula is C13H24F2N2O2S. The highest BCUT2D eigenvalue weighted by molar-refractivity contribution is 7.99. The Kier molecular flexibility index (Phi) is 6.51. The number of hydrogen-bond donors (Lipinski definition) is 2. The number of nitrogens with one attached hydrogen (secondary N) is 2. The Labute approximate surface area is 123 Å². The Morgan fingerprint density at radius 3 is 2.40 bits per heavy atom. The lowest BCUT2D eigenvalue weighted by atomic mass is 10.1. The predicted molar refractivity (Wildman–Crippen MR) is 77.5 cm³/mol. The van der Waals surface area contributed by atoms with Crippen LogP contribution in [0.3, 0.4) is 0 Å². The van der Waals surface area contributed by atoms with E-state index in [0.717, 1.165) is 24.3 Å². The normalized spacial score (nSPS) is 17.9. The minimum Gasteiger partial charge on any atom is -0.444 e. The summed E-state index contributed by atoms with van der Waals surface area (Å²) in [6.07, 6.45) is 1.02. The predicted octanol–water partition coefficient (Wildman–Crippen LogP) is 2.63. The van der Waals surface area contributed by atoms with Crippen molar-refractivity contribution in [3.8, 4) is 0 Å². The standard InChI is InChI=1S/C13H24F2N2O2S/c1-12(2,3)19-11(18)17-9-13(14,15)8-16-10-4-6-20-7-5-10/h10,16H,4-9H2,1-3H3,(H,17,18). The van der Waals surface area contributed by atoms with Crippen molar-refractivity contribution in [1.29, 1.82) is 0 Å². The summed E-state index contributed by atoms with van der Waals surface area (Å²) in [6, 6.07) is 0.156. The molecule has 0 aromatic rings. The number of alkyl carbamates (subject to hydrolysis) is 1. The first-order valence-corrected chi connectivity index (χ1v) is 7.99. The van der Waals surface area contributed by atoms with E-state index in [2.05, 4.69) is 10.6 Å². The van der Waals surface area contributed by atoms with Crippen LogP contribution in [0.5, 0.6) is 0 Å². The van der Waals surface area contributed by atoms with Crippen LogP contribution in [-0.2, 0) is 4.74 Å². The molecule has 0 unspecified atom stereocenters. The van der Waals surface area contributed by atoms with Gasteiger partial charge >= 0.3 is 6.09 Å². The molecule has 0 radical (unpaired) electrons. The molecule has 0 aromatic heterocycles. The zero-order chi connectivity index (χ0) is 15.2. The van der Waals surface area contributed by atoms with Crippen LogP contribution < -0.4 is 10.6 Å². The quantitative estimate of drug-likeness (QED) is 0.819. The number of halogens is 2. The van der Waals surface area contributed by atoms with E-state index in [9.17, 15) is 13.6 Å². The first kappa shape index (κ1) is 17.5. The van der Waals surface area contributed by atoms with Crippen molar-refractivity contribution in [2.75, 3.05) is 24.6 Å². The third kappa shape index (κ3) is 7.89. The van der Waals surface area contributed by atoms with Gasteiger partial charge in [0, 0.05) is 6.04 Å². The second-order valence-electron chi connectivity index (χ2n) is 5.98. The monoisotopic (exact) mass is 310 g/mol. The van der Waals surface area contributed by atoms with Crippen molar-refractivity contribution in [3.05, 3.63) is 0 Å². The fourth-order valence-corrected chi connectivity index (χ4v) is 2.88. The summed E-state index contributed by atoms with van der Waals surface area (Å²) < 4.78 is 32.2. The Morgan fingerprint density at radius 2 is 1.85 bits per heavy atom. The van der Waals surface area contributed by atoms with Crippen LogP contribution in [0.1, 0.15) is 33.6 Å². The molecule has 118 valence electrons. The summed E-state index contributed by atoms with van der Waals surface area (Å²) in [5.74, 6) is -0.944. The highest BCUT2D eigenvalue weighted by Crippen LogP contribution is 2.18. The zero-order valence-corrected chi connectivity index (χ0v) is 13.1. The number of alkyl halides is 2. The summed E-state index contributed by atoms with van der Waals surface area (Å²) in [5.41, 5.74) is -0.683. The third-order valence-corrected chi connectivity index (χ3v) is 3.81. The van der Waals surface area contributed by atoms with Crippen LogP contribution >= 0.6 is 11.8 Å². The zero-order valence-electron chi connectivity index (χ0n) is 12.3. The molecule has 0 aliphatic carbocycles. The molecule has 1 aliphatic heterocycles. The lowest BCUT2D eigenvalue weighted by Crippen LogP contribution is -2.47. The molecule has 0 bridgehead atoms. The fourth-order valence-electron chi connectivity index (χ4n) is 1.77. The lowest BCUT2D eigenvalue weighted by molar-refractivity contribution is -0.00573. The summed E-state index contributed by atoms with van der Waals surface area (Å²) in [6.45, 7) is 3.93. The molecule has 1 fully saturated rings. The van der Waals surface area contributed by atoms with Gasteiger partial charge < -0.3 is 15.4 Å². The van der Waals surface area contributed by atoms with Crippen LogP contribution in [0.15, 0.2) is 0 Å². The Bertz CT molecular complexity index is 316. The molecule has 1 amide bonds. The summed E-state index contributed by atoms with van der Waals surface area (Å²) in [4.78, 5) is 11.3. The van der Waals surface area contributed by atoms with Crippen molar-refractivity contribution in [1.82, 2.24) is 10.6 Å². The smallest absolute Gasteiger partial charge is 0.407 e. The minimum absolute atomic E-state index is 0.156. The average molecular weight is 310 g/mol. The number of rotatable bonds is 5. The number of amides is 1. The van der Waals surface area contributed by atoms with E-state index >= 15 is 0 Å². The first-order chi connectivity index (χ1) is 9.18. The molecule has 0 aromatic carbocycles. The average Bonchev–Trinajstić information content (AvgIpc) is 2.34. The molecule has 0 saturated carbocycles. The van der Waals surface area contributed by atoms with Gasteiger partial charge in [-0.15, -0.1) is 0 Å². The van der Waals surface area contributed by atoms with E-state index < -0.39 is 30.7 Å². The molecule has 1 aliphatic rings. The van der Waals surface area contributed by atoms with E-state index in [0.29, 0.717) is 0 Å². The van der Waals surface area contributed by atoms with Crippen LogP contribution in [-0.4, -0.2) is 48.3 Å². The van der Waals surface area contributed by atoms with Crippen LogP contribution in [0.2, 0.25) is 0 Å². The highest BCUT2D eigenvalue weighted by Gasteiger charge is 2.31. The maximum atomic E-state index is 13.6. The van der Waals surface area contributed by atoms with Crippen LogP contribution in [0.4, 0.5) is 13.6 Å². The number of ether oxygens (including phenoxy) is 1. The fraction of sp³-hybridized carbons (Fsp3) is 0.923. The molecular weight excluding hydrogens is 286 g/mol. The molecule has 4 nitrogen and oxygen atoms in total.